The molecule has 2 aromatic heterocycles. The molecule has 0 radical (unpaired) electrons. The molecule has 196 valence electrons. The lowest BCUT2D eigenvalue weighted by atomic mass is 9.84. The molecule has 0 bridgehead atoms. The van der Waals surface area contributed by atoms with E-state index in [4.69, 9.17) is 0 Å². The number of aryl methyl sites for hydroxylation is 2. The van der Waals surface area contributed by atoms with Gasteiger partial charge in [0.25, 0.3) is 0 Å². The monoisotopic (exact) mass is 556 g/mol. The molecule has 6 rings (SSSR count). The van der Waals surface area contributed by atoms with Gasteiger partial charge in [-0.15, -0.1) is 0 Å². The number of fused-ring (bicyclic) bond motifs is 2. The van der Waals surface area contributed by atoms with E-state index in [1.54, 1.807) is 36.7 Å². The van der Waals surface area contributed by atoms with Crippen LogP contribution in [0.4, 0.5) is 11.4 Å². The minimum Gasteiger partial charge on any atom is -0.325 e. The number of thiazole rings is 1. The lowest BCUT2D eigenvalue weighted by Crippen LogP contribution is -2.33. The smallest absolute Gasteiger partial charge is 0.308 e. The molecule has 0 aliphatic carbocycles. The van der Waals surface area contributed by atoms with Gasteiger partial charge in [-0.05, 0) is 55.3 Å². The van der Waals surface area contributed by atoms with Crippen LogP contribution in [0.2, 0.25) is 0 Å². The van der Waals surface area contributed by atoms with Crippen molar-refractivity contribution in [2.75, 3.05) is 10.2 Å². The van der Waals surface area contributed by atoms with Crippen LogP contribution in [0.1, 0.15) is 27.5 Å². The maximum absolute atomic E-state index is 13.9. The summed E-state index contributed by atoms with van der Waals surface area (Å²) in [6.07, 6.45) is 3.32. The van der Waals surface area contributed by atoms with E-state index in [-0.39, 0.29) is 29.1 Å². The van der Waals surface area contributed by atoms with Crippen molar-refractivity contribution in [3.8, 4) is 0 Å². The van der Waals surface area contributed by atoms with Gasteiger partial charge >= 0.3 is 4.87 Å². The zero-order chi connectivity index (χ0) is 27.3. The molecule has 3 amide bonds. The zero-order valence-electron chi connectivity index (χ0n) is 21.2. The predicted octanol–water partition coefficient (Wildman–Crippen LogP) is 4.36. The van der Waals surface area contributed by atoms with Crippen molar-refractivity contribution in [1.29, 1.82) is 0 Å². The fourth-order valence-electron chi connectivity index (χ4n) is 5.19. The Hall–Kier alpha value is -4.02. The first kappa shape index (κ1) is 25.3. The predicted molar refractivity (Wildman–Crippen MR) is 151 cm³/mol. The van der Waals surface area contributed by atoms with Crippen molar-refractivity contribution in [3.05, 3.63) is 104 Å². The van der Waals surface area contributed by atoms with Crippen LogP contribution in [-0.4, -0.2) is 32.5 Å². The molecule has 2 aliphatic heterocycles. The number of anilines is 2. The molecule has 2 aliphatic rings. The van der Waals surface area contributed by atoms with Gasteiger partial charge in [-0.2, -0.15) is 0 Å². The Morgan fingerprint density at radius 3 is 2.49 bits per heavy atom. The van der Waals surface area contributed by atoms with Crippen LogP contribution in [0.15, 0.2) is 82.9 Å². The number of imide groups is 1. The molecule has 0 unspecified atom stereocenters. The van der Waals surface area contributed by atoms with Crippen molar-refractivity contribution in [1.82, 2.24) is 9.55 Å². The first-order valence-corrected chi connectivity index (χ1v) is 14.1. The first-order chi connectivity index (χ1) is 18.8. The molecule has 10 heteroatoms. The lowest BCUT2D eigenvalue weighted by Gasteiger charge is -2.30. The van der Waals surface area contributed by atoms with Gasteiger partial charge < -0.3 is 5.32 Å². The minimum atomic E-state index is -0.739. The summed E-state index contributed by atoms with van der Waals surface area (Å²) >= 11 is 2.22. The van der Waals surface area contributed by atoms with Gasteiger partial charge in [0.1, 0.15) is 11.8 Å². The average Bonchev–Trinajstić information content (AvgIpc) is 3.36. The molecule has 0 spiro atoms. The Morgan fingerprint density at radius 1 is 0.974 bits per heavy atom. The molecular weight excluding hydrogens is 532 g/mol. The Labute approximate surface area is 232 Å². The van der Waals surface area contributed by atoms with Gasteiger partial charge in [0.2, 0.25) is 17.7 Å². The number of hydrogen-bond donors (Lipinski definition) is 1. The average molecular weight is 557 g/mol. The number of pyridine rings is 1. The molecule has 1 saturated heterocycles. The van der Waals surface area contributed by atoms with Crippen LogP contribution in [0.3, 0.4) is 0 Å². The highest BCUT2D eigenvalue weighted by molar-refractivity contribution is 8.00. The molecule has 39 heavy (non-hydrogen) atoms. The zero-order valence-corrected chi connectivity index (χ0v) is 22.8. The van der Waals surface area contributed by atoms with E-state index < -0.39 is 17.1 Å². The highest BCUT2D eigenvalue weighted by Crippen LogP contribution is 2.53. The highest BCUT2D eigenvalue weighted by Gasteiger charge is 2.56. The molecule has 3 atom stereocenters. The van der Waals surface area contributed by atoms with Crippen LogP contribution in [0.5, 0.6) is 0 Å². The summed E-state index contributed by atoms with van der Waals surface area (Å²) in [7, 11) is 0. The largest absolute Gasteiger partial charge is 0.325 e. The van der Waals surface area contributed by atoms with Crippen LogP contribution in [-0.2, 0) is 20.9 Å². The van der Waals surface area contributed by atoms with Gasteiger partial charge in [-0.1, -0.05) is 59.0 Å². The van der Waals surface area contributed by atoms with Crippen LogP contribution in [0, 0.1) is 19.8 Å². The van der Waals surface area contributed by atoms with E-state index in [1.807, 2.05) is 50.2 Å². The van der Waals surface area contributed by atoms with Crippen molar-refractivity contribution in [2.45, 2.75) is 36.6 Å². The summed E-state index contributed by atoms with van der Waals surface area (Å²) in [5, 5.41) is 2.66. The van der Waals surface area contributed by atoms with Gasteiger partial charge in [0.15, 0.2) is 0 Å². The fraction of sp³-hybridized carbons (Fsp3) is 0.207. The second-order valence-electron chi connectivity index (χ2n) is 9.72. The molecule has 8 nitrogen and oxygen atoms in total. The van der Waals surface area contributed by atoms with Gasteiger partial charge in [-0.3, -0.25) is 28.7 Å². The minimum absolute atomic E-state index is 0.202. The molecular formula is C29H24N4O4S2. The Bertz CT molecular complexity index is 1660. The third-order valence-corrected chi connectivity index (χ3v) is 9.59. The molecule has 4 heterocycles. The van der Waals surface area contributed by atoms with Crippen molar-refractivity contribution < 1.29 is 14.4 Å². The Morgan fingerprint density at radius 2 is 1.77 bits per heavy atom. The number of aromatic nitrogens is 2. The first-order valence-electron chi connectivity index (χ1n) is 12.4. The standard InChI is InChI=1S/C29H24N4O4S2/c1-16-8-10-20(11-9-16)33-26(35)23-22(18-6-4-12-30-14-18)25-28(38-24(23)27(33)36)32(29(37)39-25)15-21(34)31-19-7-3-5-17(2)13-19/h3-14,22-24H,15H2,1-2H3,(H,31,34)/t22-,23-,24+/m0/s1. The summed E-state index contributed by atoms with van der Waals surface area (Å²) in [5.41, 5.74) is 3.94. The molecule has 1 fully saturated rings. The van der Waals surface area contributed by atoms with E-state index in [0.717, 1.165) is 28.0 Å². The molecule has 0 saturated carbocycles. The number of benzene rings is 2. The summed E-state index contributed by atoms with van der Waals surface area (Å²) in [4.78, 5) is 59.7. The van der Waals surface area contributed by atoms with E-state index in [1.165, 1.54) is 21.2 Å². The van der Waals surface area contributed by atoms with Gasteiger partial charge in [-0.25, -0.2) is 4.90 Å². The number of carbonyl (C=O) groups excluding carboxylic acids is 3. The number of thioether (sulfide) groups is 1. The summed E-state index contributed by atoms with van der Waals surface area (Å²) in [6, 6.07) is 18.3. The number of nitrogens with one attached hydrogen (secondary N) is 1. The normalized spacial score (nSPS) is 20.1. The van der Waals surface area contributed by atoms with Gasteiger partial charge in [0, 0.05) is 28.9 Å². The molecule has 1 N–H and O–H groups in total. The SMILES string of the molecule is Cc1ccc(N2C(=O)[C@H]3[C@H](c4cccnc4)c4sc(=O)n(CC(=O)Nc5cccc(C)c5)c4S[C@H]3C2=O)cc1. The topological polar surface area (TPSA) is 101 Å². The number of amides is 3. The van der Waals surface area contributed by atoms with Crippen molar-refractivity contribution >= 4 is 52.2 Å². The van der Waals surface area contributed by atoms with Crippen LogP contribution >= 0.6 is 23.1 Å². The maximum atomic E-state index is 13.9. The lowest BCUT2D eigenvalue weighted by molar-refractivity contribution is -0.122. The van der Waals surface area contributed by atoms with E-state index in [2.05, 4.69) is 10.3 Å². The Balaban J connectivity index is 1.40. The fourth-order valence-corrected chi connectivity index (χ4v) is 7.96. The van der Waals surface area contributed by atoms with E-state index in [9.17, 15) is 19.2 Å². The van der Waals surface area contributed by atoms with Crippen LogP contribution < -0.4 is 15.1 Å². The second kappa shape index (κ2) is 9.94. The quantitative estimate of drug-likeness (QED) is 0.367. The summed E-state index contributed by atoms with van der Waals surface area (Å²) in [6.45, 7) is 3.67. The number of rotatable bonds is 5. The van der Waals surface area contributed by atoms with Crippen LogP contribution in [0.25, 0.3) is 0 Å². The third kappa shape index (κ3) is 4.49. The second-order valence-corrected chi connectivity index (χ2v) is 11.8. The maximum Gasteiger partial charge on any atom is 0.308 e. The number of hydrogen-bond acceptors (Lipinski definition) is 7. The molecule has 4 aromatic rings. The highest BCUT2D eigenvalue weighted by atomic mass is 32.2. The Kier molecular flexibility index (Phi) is 6.44. The van der Waals surface area contributed by atoms with Crippen molar-refractivity contribution in [2.24, 2.45) is 5.92 Å². The number of nitrogens with zero attached hydrogens (tertiary/aromatic N) is 3. The van der Waals surface area contributed by atoms with Crippen molar-refractivity contribution in [3.63, 3.8) is 0 Å². The van der Waals surface area contributed by atoms with E-state index in [0.29, 0.717) is 21.3 Å². The van der Waals surface area contributed by atoms with Gasteiger partial charge in [0.05, 0.1) is 16.6 Å². The summed E-state index contributed by atoms with van der Waals surface area (Å²) < 4.78 is 1.42. The third-order valence-electron chi connectivity index (χ3n) is 6.99. The summed E-state index contributed by atoms with van der Waals surface area (Å²) in [5.74, 6) is -2.21. The van der Waals surface area contributed by atoms with E-state index >= 15 is 0 Å². The number of carbonyl (C=O) groups is 3. The molecule has 2 aromatic carbocycles.